The third-order valence-electron chi connectivity index (χ3n) is 6.54. The van der Waals surface area contributed by atoms with Crippen LogP contribution < -0.4 is 5.32 Å². The second kappa shape index (κ2) is 7.85. The highest BCUT2D eigenvalue weighted by atomic mass is 16.5. The average Bonchev–Trinajstić information content (AvgIpc) is 3.48. The van der Waals surface area contributed by atoms with Gasteiger partial charge in [-0.2, -0.15) is 0 Å². The van der Waals surface area contributed by atoms with Crippen molar-refractivity contribution in [1.82, 2.24) is 15.2 Å². The summed E-state index contributed by atoms with van der Waals surface area (Å²) in [5.41, 5.74) is 4.69. The van der Waals surface area contributed by atoms with Gasteiger partial charge in [-0.15, -0.1) is 0 Å². The van der Waals surface area contributed by atoms with Crippen molar-refractivity contribution in [3.8, 4) is 0 Å². The van der Waals surface area contributed by atoms with Crippen LogP contribution in [0.2, 0.25) is 0 Å². The van der Waals surface area contributed by atoms with E-state index in [4.69, 9.17) is 4.74 Å². The van der Waals surface area contributed by atoms with Crippen molar-refractivity contribution in [1.29, 1.82) is 0 Å². The van der Waals surface area contributed by atoms with E-state index < -0.39 is 6.04 Å². The van der Waals surface area contributed by atoms with E-state index in [1.54, 1.807) is 4.90 Å². The molecule has 6 heteroatoms. The van der Waals surface area contributed by atoms with E-state index in [9.17, 15) is 9.59 Å². The summed E-state index contributed by atoms with van der Waals surface area (Å²) in [6.07, 6.45) is 2.05. The lowest BCUT2D eigenvalue weighted by Gasteiger charge is -2.31. The molecule has 1 aromatic heterocycles. The van der Waals surface area contributed by atoms with Crippen LogP contribution in [0.15, 0.2) is 48.5 Å². The third-order valence-corrected chi connectivity index (χ3v) is 6.54. The van der Waals surface area contributed by atoms with E-state index in [-0.39, 0.29) is 24.0 Å². The number of carbonyl (C=O) groups is 2. The van der Waals surface area contributed by atoms with E-state index in [1.165, 1.54) is 0 Å². The van der Waals surface area contributed by atoms with Gasteiger partial charge in [0.15, 0.2) is 0 Å². The Hall–Kier alpha value is -3.12. The molecule has 31 heavy (non-hydrogen) atoms. The van der Waals surface area contributed by atoms with Crippen LogP contribution in [0, 0.1) is 6.92 Å². The first-order valence-electron chi connectivity index (χ1n) is 10.9. The molecule has 0 aliphatic carbocycles. The van der Waals surface area contributed by atoms with Crippen LogP contribution >= 0.6 is 0 Å². The van der Waals surface area contributed by atoms with Gasteiger partial charge in [0.05, 0.1) is 12.1 Å². The Balaban J connectivity index is 1.53. The monoisotopic (exact) mass is 417 g/mol. The average molecular weight is 418 g/mol. The molecule has 1 saturated heterocycles. The van der Waals surface area contributed by atoms with Crippen molar-refractivity contribution >= 4 is 22.7 Å². The highest BCUT2D eigenvalue weighted by molar-refractivity contribution is 6.03. The standard InChI is InChI=1S/C25H27N3O3/c1-15-22(20-11-5-6-12-21(20)27-15)23-18-9-3-4-10-19(18)25(30)28(23)16(2)24(29)26-14-17-8-7-13-31-17/h3-6,9-12,16-17,23,27H,7-8,13-14H2,1-2H3,(H,26,29)/t16-,17+,23-/m0/s1. The Bertz CT molecular complexity index is 1150. The summed E-state index contributed by atoms with van der Waals surface area (Å²) in [6.45, 7) is 5.07. The minimum atomic E-state index is -0.612. The van der Waals surface area contributed by atoms with Crippen LogP contribution in [0.4, 0.5) is 0 Å². The predicted octanol–water partition coefficient (Wildman–Crippen LogP) is 3.71. The van der Waals surface area contributed by atoms with Gasteiger partial charge in [-0.1, -0.05) is 36.4 Å². The summed E-state index contributed by atoms with van der Waals surface area (Å²) in [5.74, 6) is -0.260. The van der Waals surface area contributed by atoms with Gasteiger partial charge in [0.1, 0.15) is 6.04 Å². The summed E-state index contributed by atoms with van der Waals surface area (Å²) in [6, 6.07) is 14.9. The van der Waals surface area contributed by atoms with Gasteiger partial charge in [-0.25, -0.2) is 0 Å². The lowest BCUT2D eigenvalue weighted by atomic mass is 9.95. The summed E-state index contributed by atoms with van der Waals surface area (Å²) < 4.78 is 5.62. The maximum atomic E-state index is 13.5. The van der Waals surface area contributed by atoms with Crippen LogP contribution in [-0.2, 0) is 9.53 Å². The molecule has 0 radical (unpaired) electrons. The molecule has 1 fully saturated rings. The van der Waals surface area contributed by atoms with Crippen molar-refractivity contribution in [2.45, 2.75) is 44.9 Å². The van der Waals surface area contributed by atoms with Gasteiger partial charge in [0.2, 0.25) is 5.91 Å². The lowest BCUT2D eigenvalue weighted by Crippen LogP contribution is -2.48. The fourth-order valence-electron chi connectivity index (χ4n) is 4.97. The Kier molecular flexibility index (Phi) is 5.02. The number of hydrogen-bond donors (Lipinski definition) is 2. The van der Waals surface area contributed by atoms with Gasteiger partial charge in [0.25, 0.3) is 5.91 Å². The molecule has 2 aromatic carbocycles. The van der Waals surface area contributed by atoms with Gasteiger partial charge in [-0.3, -0.25) is 9.59 Å². The fourth-order valence-corrected chi connectivity index (χ4v) is 4.97. The van der Waals surface area contributed by atoms with Crippen LogP contribution in [0.25, 0.3) is 10.9 Å². The normalized spacial score (nSPS) is 21.5. The maximum absolute atomic E-state index is 13.5. The Morgan fingerprint density at radius 3 is 2.81 bits per heavy atom. The number of ether oxygens (including phenoxy) is 1. The summed E-state index contributed by atoms with van der Waals surface area (Å²) >= 11 is 0. The van der Waals surface area contributed by atoms with Crippen molar-refractivity contribution in [2.24, 2.45) is 0 Å². The zero-order valence-corrected chi connectivity index (χ0v) is 17.9. The van der Waals surface area contributed by atoms with E-state index in [0.717, 1.165) is 47.2 Å². The highest BCUT2D eigenvalue weighted by Gasteiger charge is 2.43. The first-order chi connectivity index (χ1) is 15.1. The van der Waals surface area contributed by atoms with Crippen molar-refractivity contribution in [3.63, 3.8) is 0 Å². The number of benzene rings is 2. The van der Waals surface area contributed by atoms with Crippen LogP contribution in [0.5, 0.6) is 0 Å². The number of para-hydroxylation sites is 1. The van der Waals surface area contributed by atoms with Gasteiger partial charge in [-0.05, 0) is 44.4 Å². The zero-order chi connectivity index (χ0) is 21.5. The molecule has 0 unspecified atom stereocenters. The smallest absolute Gasteiger partial charge is 0.255 e. The number of hydrogen-bond acceptors (Lipinski definition) is 3. The maximum Gasteiger partial charge on any atom is 0.255 e. The summed E-state index contributed by atoms with van der Waals surface area (Å²) in [4.78, 5) is 31.7. The second-order valence-electron chi connectivity index (χ2n) is 8.47. The van der Waals surface area contributed by atoms with Crippen LogP contribution in [-0.4, -0.2) is 47.0 Å². The lowest BCUT2D eigenvalue weighted by molar-refractivity contribution is -0.126. The van der Waals surface area contributed by atoms with E-state index in [2.05, 4.69) is 16.4 Å². The minimum Gasteiger partial charge on any atom is -0.376 e. The van der Waals surface area contributed by atoms with Crippen molar-refractivity contribution < 1.29 is 14.3 Å². The molecule has 0 bridgehead atoms. The van der Waals surface area contributed by atoms with Crippen molar-refractivity contribution in [2.75, 3.05) is 13.2 Å². The molecule has 3 aromatic rings. The number of carbonyl (C=O) groups excluding carboxylic acids is 2. The number of H-pyrrole nitrogens is 1. The second-order valence-corrected chi connectivity index (χ2v) is 8.47. The number of aromatic amines is 1. The quantitative estimate of drug-likeness (QED) is 0.665. The van der Waals surface area contributed by atoms with Crippen LogP contribution in [0.3, 0.4) is 0 Å². The molecule has 0 saturated carbocycles. The molecule has 160 valence electrons. The topological polar surface area (TPSA) is 74.4 Å². The van der Waals surface area contributed by atoms with E-state index >= 15 is 0 Å². The van der Waals surface area contributed by atoms with E-state index in [1.807, 2.05) is 56.3 Å². The number of amides is 2. The minimum absolute atomic E-state index is 0.0642. The summed E-state index contributed by atoms with van der Waals surface area (Å²) in [7, 11) is 0. The fraction of sp³-hybridized carbons (Fsp3) is 0.360. The molecule has 2 N–H and O–H groups in total. The zero-order valence-electron chi connectivity index (χ0n) is 17.9. The number of nitrogens with one attached hydrogen (secondary N) is 2. The Morgan fingerprint density at radius 1 is 1.23 bits per heavy atom. The number of fused-ring (bicyclic) bond motifs is 2. The largest absolute Gasteiger partial charge is 0.376 e. The molecule has 2 aliphatic heterocycles. The SMILES string of the molecule is Cc1[nH]c2ccccc2c1[C@@H]1c2ccccc2C(=O)N1[C@@H](C)C(=O)NC[C@H]1CCCO1. The Morgan fingerprint density at radius 2 is 2.00 bits per heavy atom. The molecule has 6 nitrogen and oxygen atoms in total. The van der Waals surface area contributed by atoms with Gasteiger partial charge < -0.3 is 19.9 Å². The first kappa shape index (κ1) is 19.8. The predicted molar refractivity (Wildman–Crippen MR) is 119 cm³/mol. The molecule has 5 rings (SSSR count). The molecule has 3 atom stereocenters. The molecule has 0 spiro atoms. The third kappa shape index (κ3) is 3.31. The number of nitrogens with zero attached hydrogens (tertiary/aromatic N) is 1. The number of rotatable bonds is 5. The molecule has 2 amide bonds. The molecular formula is C25H27N3O3. The van der Waals surface area contributed by atoms with Gasteiger partial charge >= 0.3 is 0 Å². The summed E-state index contributed by atoms with van der Waals surface area (Å²) in [5, 5.41) is 4.08. The number of aryl methyl sites for hydroxylation is 1. The van der Waals surface area contributed by atoms with Gasteiger partial charge in [0, 0.05) is 40.9 Å². The highest BCUT2D eigenvalue weighted by Crippen LogP contribution is 2.43. The molecular weight excluding hydrogens is 390 g/mol. The number of aromatic nitrogens is 1. The molecule has 3 heterocycles. The molecule has 2 aliphatic rings. The van der Waals surface area contributed by atoms with E-state index in [0.29, 0.717) is 12.1 Å². The Labute approximate surface area is 181 Å². The van der Waals surface area contributed by atoms with Crippen LogP contribution in [0.1, 0.15) is 53.0 Å². The first-order valence-corrected chi connectivity index (χ1v) is 10.9. The van der Waals surface area contributed by atoms with Crippen molar-refractivity contribution in [3.05, 3.63) is 70.9 Å².